The van der Waals surface area contributed by atoms with Gasteiger partial charge in [-0.25, -0.2) is 4.79 Å². The fourth-order valence-corrected chi connectivity index (χ4v) is 3.68. The van der Waals surface area contributed by atoms with Gasteiger partial charge in [0.2, 0.25) is 11.8 Å². The zero-order valence-electron chi connectivity index (χ0n) is 18.0. The topological polar surface area (TPSA) is 75.7 Å². The van der Waals surface area contributed by atoms with E-state index in [4.69, 9.17) is 4.74 Å². The number of nitrogens with one attached hydrogen (secondary N) is 1. The standard InChI is InChI=1S/C26H28N2O4/c1-2-18-32-26(31)22(19-21-12-7-4-8-13-21)27-25(30)23-14-9-17-28(23)24(29)16-15-20-10-5-3-6-11-20/h2-8,10-13,15-16,22-23H,1,9,14,17-19H2,(H,27,30)/b16-15+/t22-,23+/m1/s1. The van der Waals surface area contributed by atoms with Crippen molar-refractivity contribution in [3.8, 4) is 0 Å². The Kier molecular flexibility index (Phi) is 8.37. The highest BCUT2D eigenvalue weighted by molar-refractivity contribution is 5.96. The summed E-state index contributed by atoms with van der Waals surface area (Å²) < 4.78 is 5.19. The van der Waals surface area contributed by atoms with Crippen LogP contribution >= 0.6 is 0 Å². The van der Waals surface area contributed by atoms with Gasteiger partial charge in [-0.1, -0.05) is 73.3 Å². The average molecular weight is 433 g/mol. The van der Waals surface area contributed by atoms with Crippen LogP contribution in [0.1, 0.15) is 24.0 Å². The summed E-state index contributed by atoms with van der Waals surface area (Å²) in [4.78, 5) is 39.9. The number of rotatable bonds is 9. The van der Waals surface area contributed by atoms with Crippen LogP contribution in [-0.4, -0.2) is 47.9 Å². The molecule has 0 radical (unpaired) electrons. The van der Waals surface area contributed by atoms with Crippen molar-refractivity contribution in [2.24, 2.45) is 0 Å². The van der Waals surface area contributed by atoms with Crippen molar-refractivity contribution in [1.82, 2.24) is 10.2 Å². The lowest BCUT2D eigenvalue weighted by Gasteiger charge is -2.25. The summed E-state index contributed by atoms with van der Waals surface area (Å²) in [5.41, 5.74) is 1.81. The van der Waals surface area contributed by atoms with Crippen molar-refractivity contribution in [1.29, 1.82) is 0 Å². The Labute approximate surface area is 188 Å². The smallest absolute Gasteiger partial charge is 0.329 e. The Bertz CT molecular complexity index is 956. The SMILES string of the molecule is C=CCOC(=O)[C@@H](Cc1ccccc1)NC(=O)[C@@H]1CCCN1C(=O)/C=C/c1ccccc1. The monoisotopic (exact) mass is 432 g/mol. The van der Waals surface area contributed by atoms with Gasteiger partial charge in [-0.2, -0.15) is 0 Å². The van der Waals surface area contributed by atoms with Crippen LogP contribution in [0.5, 0.6) is 0 Å². The molecule has 166 valence electrons. The lowest BCUT2D eigenvalue weighted by atomic mass is 10.1. The maximum atomic E-state index is 13.1. The number of nitrogens with zero attached hydrogens (tertiary/aromatic N) is 1. The van der Waals surface area contributed by atoms with Crippen LogP contribution in [0.15, 0.2) is 79.4 Å². The van der Waals surface area contributed by atoms with Crippen molar-refractivity contribution in [2.45, 2.75) is 31.3 Å². The molecule has 2 aromatic carbocycles. The molecule has 0 aliphatic carbocycles. The van der Waals surface area contributed by atoms with Gasteiger partial charge in [0.1, 0.15) is 18.7 Å². The number of hydrogen-bond acceptors (Lipinski definition) is 4. The van der Waals surface area contributed by atoms with E-state index in [2.05, 4.69) is 11.9 Å². The number of ether oxygens (including phenoxy) is 1. The van der Waals surface area contributed by atoms with E-state index in [0.717, 1.165) is 17.5 Å². The summed E-state index contributed by atoms with van der Waals surface area (Å²) in [5, 5.41) is 2.81. The maximum absolute atomic E-state index is 13.1. The Morgan fingerprint density at radius 3 is 2.47 bits per heavy atom. The third-order valence-electron chi connectivity index (χ3n) is 5.28. The molecular weight excluding hydrogens is 404 g/mol. The number of carbonyl (C=O) groups excluding carboxylic acids is 3. The predicted molar refractivity (Wildman–Crippen MR) is 123 cm³/mol. The second-order valence-electron chi connectivity index (χ2n) is 7.60. The zero-order chi connectivity index (χ0) is 22.8. The number of carbonyl (C=O) groups is 3. The Morgan fingerprint density at radius 1 is 1.09 bits per heavy atom. The molecule has 0 saturated carbocycles. The summed E-state index contributed by atoms with van der Waals surface area (Å²) in [7, 11) is 0. The third-order valence-corrected chi connectivity index (χ3v) is 5.28. The average Bonchev–Trinajstić information content (AvgIpc) is 3.32. The molecule has 0 bridgehead atoms. The second kappa shape index (κ2) is 11.6. The predicted octanol–water partition coefficient (Wildman–Crippen LogP) is 3.15. The first-order valence-electron chi connectivity index (χ1n) is 10.7. The number of amides is 2. The van der Waals surface area contributed by atoms with Gasteiger partial charge in [-0.15, -0.1) is 0 Å². The van der Waals surface area contributed by atoms with Gasteiger partial charge in [0, 0.05) is 19.0 Å². The molecule has 1 heterocycles. The highest BCUT2D eigenvalue weighted by Gasteiger charge is 2.35. The van der Waals surface area contributed by atoms with E-state index in [-0.39, 0.29) is 18.4 Å². The van der Waals surface area contributed by atoms with Crippen LogP contribution in [0.4, 0.5) is 0 Å². The minimum atomic E-state index is -0.845. The van der Waals surface area contributed by atoms with E-state index in [0.29, 0.717) is 19.4 Å². The van der Waals surface area contributed by atoms with Crippen molar-refractivity contribution < 1.29 is 19.1 Å². The van der Waals surface area contributed by atoms with Gasteiger partial charge in [0.15, 0.2) is 0 Å². The molecule has 6 nitrogen and oxygen atoms in total. The van der Waals surface area contributed by atoms with Gasteiger partial charge in [0.05, 0.1) is 0 Å². The minimum absolute atomic E-state index is 0.0678. The van der Waals surface area contributed by atoms with Crippen LogP contribution in [-0.2, 0) is 25.5 Å². The van der Waals surface area contributed by atoms with Gasteiger partial charge in [-0.05, 0) is 30.0 Å². The second-order valence-corrected chi connectivity index (χ2v) is 7.60. The van der Waals surface area contributed by atoms with Crippen LogP contribution < -0.4 is 5.32 Å². The molecule has 2 aromatic rings. The van der Waals surface area contributed by atoms with Gasteiger partial charge in [0.25, 0.3) is 0 Å². The number of likely N-dealkylation sites (tertiary alicyclic amines) is 1. The maximum Gasteiger partial charge on any atom is 0.329 e. The lowest BCUT2D eigenvalue weighted by molar-refractivity contribution is -0.147. The zero-order valence-corrected chi connectivity index (χ0v) is 18.0. The van der Waals surface area contributed by atoms with Crippen LogP contribution in [0.3, 0.4) is 0 Å². The quantitative estimate of drug-likeness (QED) is 0.375. The molecule has 6 heteroatoms. The molecule has 1 saturated heterocycles. The first-order valence-corrected chi connectivity index (χ1v) is 10.7. The van der Waals surface area contributed by atoms with Crippen LogP contribution in [0.25, 0.3) is 6.08 Å². The van der Waals surface area contributed by atoms with E-state index in [1.807, 2.05) is 60.7 Å². The molecule has 2 atom stereocenters. The Hall–Kier alpha value is -3.67. The molecule has 0 unspecified atom stereocenters. The molecule has 0 aromatic heterocycles. The highest BCUT2D eigenvalue weighted by Crippen LogP contribution is 2.19. The fraction of sp³-hybridized carbons (Fsp3) is 0.269. The summed E-state index contributed by atoms with van der Waals surface area (Å²) in [6.07, 6.45) is 6.29. The minimum Gasteiger partial charge on any atom is -0.460 e. The van der Waals surface area contributed by atoms with E-state index >= 15 is 0 Å². The highest BCUT2D eigenvalue weighted by atomic mass is 16.5. The fourth-order valence-electron chi connectivity index (χ4n) is 3.68. The van der Waals surface area contributed by atoms with E-state index < -0.39 is 18.1 Å². The summed E-state index contributed by atoms with van der Waals surface area (Å²) in [6.45, 7) is 4.12. The number of hydrogen-bond donors (Lipinski definition) is 1. The molecular formula is C26H28N2O4. The summed E-state index contributed by atoms with van der Waals surface area (Å²) >= 11 is 0. The Morgan fingerprint density at radius 2 is 1.78 bits per heavy atom. The molecule has 1 fully saturated rings. The third kappa shape index (κ3) is 6.41. The summed E-state index contributed by atoms with van der Waals surface area (Å²) in [6, 6.07) is 17.5. The molecule has 1 N–H and O–H groups in total. The molecule has 32 heavy (non-hydrogen) atoms. The largest absolute Gasteiger partial charge is 0.460 e. The molecule has 1 aliphatic rings. The van der Waals surface area contributed by atoms with Crippen LogP contribution in [0, 0.1) is 0 Å². The lowest BCUT2D eigenvalue weighted by Crippen LogP contribution is -2.51. The van der Waals surface area contributed by atoms with E-state index in [9.17, 15) is 14.4 Å². The van der Waals surface area contributed by atoms with Crippen molar-refractivity contribution in [3.05, 3.63) is 90.5 Å². The van der Waals surface area contributed by atoms with Crippen molar-refractivity contribution >= 4 is 23.9 Å². The molecule has 2 amide bonds. The van der Waals surface area contributed by atoms with Crippen molar-refractivity contribution in [2.75, 3.05) is 13.2 Å². The molecule has 0 spiro atoms. The number of esters is 1. The normalized spacial score (nSPS) is 16.5. The first-order chi connectivity index (χ1) is 15.6. The van der Waals surface area contributed by atoms with Gasteiger partial charge in [-0.3, -0.25) is 9.59 Å². The Balaban J connectivity index is 1.68. The van der Waals surface area contributed by atoms with Crippen LogP contribution in [0.2, 0.25) is 0 Å². The van der Waals surface area contributed by atoms with Crippen molar-refractivity contribution in [3.63, 3.8) is 0 Å². The summed E-state index contributed by atoms with van der Waals surface area (Å²) in [5.74, 6) is -1.09. The van der Waals surface area contributed by atoms with E-state index in [1.54, 1.807) is 11.0 Å². The van der Waals surface area contributed by atoms with E-state index in [1.165, 1.54) is 12.2 Å². The first kappa shape index (κ1) is 23.0. The van der Waals surface area contributed by atoms with Gasteiger partial charge < -0.3 is 15.0 Å². The van der Waals surface area contributed by atoms with Gasteiger partial charge >= 0.3 is 5.97 Å². The number of benzene rings is 2. The molecule has 1 aliphatic heterocycles. The molecule has 3 rings (SSSR count).